The molecule has 2 heterocycles. The third kappa shape index (κ3) is 4.82. The van der Waals surface area contributed by atoms with E-state index in [0.717, 1.165) is 36.1 Å². The lowest BCUT2D eigenvalue weighted by Crippen LogP contribution is -2.13. The first-order valence-corrected chi connectivity index (χ1v) is 11.7. The molecule has 0 atom stereocenters. The van der Waals surface area contributed by atoms with Crippen LogP contribution in [-0.4, -0.2) is 24.2 Å². The molecule has 0 saturated carbocycles. The predicted octanol–water partition coefficient (Wildman–Crippen LogP) is 4.89. The molecule has 1 aromatic heterocycles. The average molecular weight is 438 g/mol. The first kappa shape index (κ1) is 21.2. The van der Waals surface area contributed by atoms with Crippen LogP contribution >= 0.6 is 0 Å². The molecule has 0 spiro atoms. The molecule has 7 heteroatoms. The Hall–Kier alpha value is -3.06. The van der Waals surface area contributed by atoms with Gasteiger partial charge in [-0.1, -0.05) is 35.9 Å². The molecule has 0 amide bonds. The molecule has 4 rings (SSSR count). The van der Waals surface area contributed by atoms with Crippen LogP contribution in [0.3, 0.4) is 0 Å². The minimum absolute atomic E-state index is 0.178. The lowest BCUT2D eigenvalue weighted by atomic mass is 10.1. The predicted molar refractivity (Wildman–Crippen MR) is 118 cm³/mol. The summed E-state index contributed by atoms with van der Waals surface area (Å²) in [5.74, 6) is 0.335. The molecule has 31 heavy (non-hydrogen) atoms. The van der Waals surface area contributed by atoms with E-state index in [9.17, 15) is 12.8 Å². The van der Waals surface area contributed by atoms with Crippen LogP contribution in [0, 0.1) is 12.7 Å². The second-order valence-corrected chi connectivity index (χ2v) is 9.53. The van der Waals surface area contributed by atoms with Crippen molar-refractivity contribution in [3.8, 4) is 0 Å². The molecule has 0 fully saturated rings. The van der Waals surface area contributed by atoms with Crippen molar-refractivity contribution in [2.24, 2.45) is 4.99 Å². The van der Waals surface area contributed by atoms with Gasteiger partial charge in [0.15, 0.2) is 5.03 Å². The number of aryl methyl sites for hydroxylation is 1. The largest absolute Gasteiger partial charge is 0.319 e. The molecular weight excluding hydrogens is 413 g/mol. The summed E-state index contributed by atoms with van der Waals surface area (Å²) in [6.45, 7) is 2.42. The summed E-state index contributed by atoms with van der Waals surface area (Å²) >= 11 is 0. The standard InChI is InChI=1S/C24H24FN3O2S/c1-18-6-12-22(13-7-18)31(29,30)24-17-27-23(16-19-8-10-20(25)11-9-19)28(24)15-3-5-21-4-2-14-26-21/h4,6-14,17H,2-3,5,15-16H2,1H3. The van der Waals surface area contributed by atoms with Crippen molar-refractivity contribution in [3.63, 3.8) is 0 Å². The van der Waals surface area contributed by atoms with E-state index in [1.54, 1.807) is 41.0 Å². The van der Waals surface area contributed by atoms with Gasteiger partial charge in [0.1, 0.15) is 11.6 Å². The molecule has 1 aliphatic heterocycles. The van der Waals surface area contributed by atoms with Gasteiger partial charge in [-0.05, 0) is 49.6 Å². The van der Waals surface area contributed by atoms with Crippen molar-refractivity contribution in [1.29, 1.82) is 0 Å². The van der Waals surface area contributed by atoms with E-state index in [2.05, 4.69) is 16.1 Å². The molecule has 0 unspecified atom stereocenters. The van der Waals surface area contributed by atoms with E-state index >= 15 is 0 Å². The van der Waals surface area contributed by atoms with Gasteiger partial charge in [0.25, 0.3) is 0 Å². The van der Waals surface area contributed by atoms with Crippen LogP contribution in [0.4, 0.5) is 4.39 Å². The Bertz CT molecular complexity index is 1220. The number of aromatic nitrogens is 2. The lowest BCUT2D eigenvalue weighted by Gasteiger charge is -2.13. The monoisotopic (exact) mass is 437 g/mol. The van der Waals surface area contributed by atoms with Crippen molar-refractivity contribution in [2.75, 3.05) is 0 Å². The molecule has 0 radical (unpaired) electrons. The van der Waals surface area contributed by atoms with E-state index in [0.29, 0.717) is 18.8 Å². The van der Waals surface area contributed by atoms with Crippen LogP contribution < -0.4 is 0 Å². The van der Waals surface area contributed by atoms with E-state index in [1.807, 2.05) is 13.1 Å². The van der Waals surface area contributed by atoms with Gasteiger partial charge in [-0.25, -0.2) is 17.8 Å². The Balaban J connectivity index is 1.66. The topological polar surface area (TPSA) is 64.3 Å². The molecule has 3 aromatic rings. The summed E-state index contributed by atoms with van der Waals surface area (Å²) in [5.41, 5.74) is 2.90. The maximum absolute atomic E-state index is 13.4. The van der Waals surface area contributed by atoms with Crippen LogP contribution in [0.2, 0.25) is 0 Å². The Morgan fingerprint density at radius 1 is 1.06 bits per heavy atom. The number of halogens is 1. The fraction of sp³-hybridized carbons (Fsp3) is 0.250. The van der Waals surface area contributed by atoms with Gasteiger partial charge in [0.2, 0.25) is 9.84 Å². The summed E-state index contributed by atoms with van der Waals surface area (Å²) in [6, 6.07) is 13.0. The molecule has 2 aromatic carbocycles. The second-order valence-electron chi connectivity index (χ2n) is 7.63. The SMILES string of the molecule is Cc1ccc(S(=O)(=O)c2cnc(Cc3ccc(F)cc3)n2CCCC2=CCC=N2)cc1. The summed E-state index contributed by atoms with van der Waals surface area (Å²) in [7, 11) is -3.72. The van der Waals surface area contributed by atoms with E-state index in [4.69, 9.17) is 0 Å². The van der Waals surface area contributed by atoms with Gasteiger partial charge in [-0.2, -0.15) is 0 Å². The summed E-state index contributed by atoms with van der Waals surface area (Å²) in [4.78, 5) is 9.02. The number of hydrogen-bond acceptors (Lipinski definition) is 4. The fourth-order valence-electron chi connectivity index (χ4n) is 3.61. The Morgan fingerprint density at radius 2 is 1.81 bits per heavy atom. The third-order valence-corrected chi connectivity index (χ3v) is 7.08. The molecule has 0 bridgehead atoms. The minimum atomic E-state index is -3.72. The van der Waals surface area contributed by atoms with Gasteiger partial charge in [0, 0.05) is 31.3 Å². The Morgan fingerprint density at radius 3 is 2.48 bits per heavy atom. The molecular formula is C24H24FN3O2S. The highest BCUT2D eigenvalue weighted by Gasteiger charge is 2.24. The molecule has 5 nitrogen and oxygen atoms in total. The highest BCUT2D eigenvalue weighted by Crippen LogP contribution is 2.25. The number of sulfone groups is 1. The first-order valence-electron chi connectivity index (χ1n) is 10.3. The maximum Gasteiger partial charge on any atom is 0.223 e. The number of aliphatic imine (C=N–C) groups is 1. The Labute approximate surface area is 181 Å². The van der Waals surface area contributed by atoms with E-state index < -0.39 is 9.84 Å². The first-order chi connectivity index (χ1) is 14.9. The number of allylic oxidation sites excluding steroid dienone is 2. The lowest BCUT2D eigenvalue weighted by molar-refractivity contribution is 0.547. The van der Waals surface area contributed by atoms with Crippen molar-refractivity contribution >= 4 is 16.1 Å². The summed E-state index contributed by atoms with van der Waals surface area (Å²) in [6.07, 6.45) is 8.17. The van der Waals surface area contributed by atoms with Gasteiger partial charge in [-0.3, -0.25) is 4.99 Å². The minimum Gasteiger partial charge on any atom is -0.319 e. The number of imidazole rings is 1. The van der Waals surface area contributed by atoms with Gasteiger partial charge < -0.3 is 4.57 Å². The van der Waals surface area contributed by atoms with Gasteiger partial charge >= 0.3 is 0 Å². The zero-order chi connectivity index (χ0) is 21.8. The molecule has 0 N–H and O–H groups in total. The van der Waals surface area contributed by atoms with E-state index in [-0.39, 0.29) is 15.7 Å². The van der Waals surface area contributed by atoms with Crippen molar-refractivity contribution in [1.82, 2.24) is 9.55 Å². The smallest absolute Gasteiger partial charge is 0.223 e. The van der Waals surface area contributed by atoms with Crippen LogP contribution in [0.15, 0.2) is 81.4 Å². The zero-order valence-corrected chi connectivity index (χ0v) is 18.1. The molecule has 1 aliphatic rings. The van der Waals surface area contributed by atoms with Crippen LogP contribution in [0.1, 0.15) is 36.2 Å². The quantitative estimate of drug-likeness (QED) is 0.504. The highest BCUT2D eigenvalue weighted by atomic mass is 32.2. The number of rotatable bonds is 8. The van der Waals surface area contributed by atoms with Gasteiger partial charge in [-0.15, -0.1) is 0 Å². The van der Waals surface area contributed by atoms with Crippen LogP contribution in [0.25, 0.3) is 0 Å². The van der Waals surface area contributed by atoms with Crippen molar-refractivity contribution in [3.05, 3.63) is 89.3 Å². The zero-order valence-electron chi connectivity index (χ0n) is 17.3. The fourth-order valence-corrected chi connectivity index (χ4v) is 5.02. The van der Waals surface area contributed by atoms with Crippen LogP contribution in [-0.2, 0) is 22.8 Å². The van der Waals surface area contributed by atoms with E-state index in [1.165, 1.54) is 18.3 Å². The molecule has 0 saturated heterocycles. The average Bonchev–Trinajstić information content (AvgIpc) is 3.41. The number of benzene rings is 2. The number of hydrogen-bond donors (Lipinski definition) is 0. The summed E-state index contributed by atoms with van der Waals surface area (Å²) in [5, 5.41) is 0.178. The second kappa shape index (κ2) is 8.98. The third-order valence-electron chi connectivity index (χ3n) is 5.31. The maximum atomic E-state index is 13.4. The van der Waals surface area contributed by atoms with Crippen molar-refractivity contribution < 1.29 is 12.8 Å². The van der Waals surface area contributed by atoms with Gasteiger partial charge in [0.05, 0.1) is 11.1 Å². The summed E-state index contributed by atoms with van der Waals surface area (Å²) < 4.78 is 41.8. The normalized spacial score (nSPS) is 13.5. The molecule has 160 valence electrons. The molecule has 0 aliphatic carbocycles. The van der Waals surface area contributed by atoms with Crippen LogP contribution in [0.5, 0.6) is 0 Å². The number of nitrogens with zero attached hydrogens (tertiary/aromatic N) is 3. The van der Waals surface area contributed by atoms with Crippen molar-refractivity contribution in [2.45, 2.75) is 49.1 Å². The Kier molecular flexibility index (Phi) is 6.13. The highest BCUT2D eigenvalue weighted by molar-refractivity contribution is 7.91.